The minimum Gasteiger partial charge on any atom is -0.371 e. The highest BCUT2D eigenvalue weighted by atomic mass is 15.1. The molecule has 0 heterocycles. The molecule has 18 heavy (non-hydrogen) atoms. The summed E-state index contributed by atoms with van der Waals surface area (Å²) in [6.45, 7) is 9.27. The highest BCUT2D eigenvalue weighted by Crippen LogP contribution is 2.20. The summed E-state index contributed by atoms with van der Waals surface area (Å²) < 4.78 is 0. The van der Waals surface area contributed by atoms with Crippen molar-refractivity contribution in [3.05, 3.63) is 30.3 Å². The topological polar surface area (TPSA) is 3.24 Å². The van der Waals surface area contributed by atoms with Gasteiger partial charge in [-0.2, -0.15) is 0 Å². The number of anilines is 1. The van der Waals surface area contributed by atoms with Gasteiger partial charge < -0.3 is 4.90 Å². The Morgan fingerprint density at radius 1 is 1.00 bits per heavy atom. The van der Waals surface area contributed by atoms with Crippen LogP contribution in [0.2, 0.25) is 0 Å². The minimum atomic E-state index is 0.844. The van der Waals surface area contributed by atoms with E-state index >= 15 is 0 Å². The summed E-state index contributed by atoms with van der Waals surface area (Å²) in [4.78, 5) is 2.56. The molecule has 0 fully saturated rings. The van der Waals surface area contributed by atoms with Crippen LogP contribution in [-0.2, 0) is 0 Å². The Morgan fingerprint density at radius 3 is 2.28 bits per heavy atom. The number of rotatable bonds is 9. The molecule has 0 spiro atoms. The molecule has 1 aromatic carbocycles. The van der Waals surface area contributed by atoms with Gasteiger partial charge in [-0.25, -0.2) is 0 Å². The number of hydrogen-bond donors (Lipinski definition) is 0. The summed E-state index contributed by atoms with van der Waals surface area (Å²) in [5, 5.41) is 0. The van der Waals surface area contributed by atoms with Crippen molar-refractivity contribution in [3.63, 3.8) is 0 Å². The van der Waals surface area contributed by atoms with E-state index in [9.17, 15) is 0 Å². The van der Waals surface area contributed by atoms with E-state index in [-0.39, 0.29) is 0 Å². The Labute approximate surface area is 113 Å². The fraction of sp³-hybridized carbons (Fsp3) is 0.647. The van der Waals surface area contributed by atoms with Crippen molar-refractivity contribution in [2.24, 2.45) is 5.92 Å². The van der Waals surface area contributed by atoms with Crippen molar-refractivity contribution in [3.8, 4) is 0 Å². The SMILES string of the molecule is CCCCC(CC)CN(CCC)c1ccccc1. The molecule has 1 atom stereocenters. The lowest BCUT2D eigenvalue weighted by Crippen LogP contribution is -2.30. The van der Waals surface area contributed by atoms with Crippen molar-refractivity contribution in [2.75, 3.05) is 18.0 Å². The maximum atomic E-state index is 2.56. The first kappa shape index (κ1) is 15.1. The first-order valence-corrected chi connectivity index (χ1v) is 7.61. The second kappa shape index (κ2) is 9.02. The molecule has 0 radical (unpaired) electrons. The van der Waals surface area contributed by atoms with E-state index in [1.54, 1.807) is 0 Å². The number of unbranched alkanes of at least 4 members (excludes halogenated alkanes) is 1. The summed E-state index contributed by atoms with van der Waals surface area (Å²) in [6.07, 6.45) is 6.58. The van der Waals surface area contributed by atoms with Gasteiger partial charge in [-0.3, -0.25) is 0 Å². The first-order chi connectivity index (χ1) is 8.81. The fourth-order valence-corrected chi connectivity index (χ4v) is 2.46. The molecule has 0 saturated heterocycles. The molecule has 1 nitrogen and oxygen atoms in total. The highest BCUT2D eigenvalue weighted by molar-refractivity contribution is 5.45. The molecular formula is C17H29N. The molecule has 0 bridgehead atoms. The molecule has 0 aromatic heterocycles. The molecule has 0 saturated carbocycles. The van der Waals surface area contributed by atoms with Crippen LogP contribution in [0.25, 0.3) is 0 Å². The number of benzene rings is 1. The van der Waals surface area contributed by atoms with Gasteiger partial charge in [0.05, 0.1) is 0 Å². The minimum absolute atomic E-state index is 0.844. The van der Waals surface area contributed by atoms with Crippen LogP contribution >= 0.6 is 0 Å². The van der Waals surface area contributed by atoms with Gasteiger partial charge in [0.2, 0.25) is 0 Å². The maximum absolute atomic E-state index is 2.56. The number of hydrogen-bond acceptors (Lipinski definition) is 1. The Bertz CT molecular complexity index is 294. The molecular weight excluding hydrogens is 218 g/mol. The van der Waals surface area contributed by atoms with Crippen molar-refractivity contribution in [2.45, 2.75) is 52.9 Å². The first-order valence-electron chi connectivity index (χ1n) is 7.61. The predicted molar refractivity (Wildman–Crippen MR) is 82.3 cm³/mol. The summed E-state index contributed by atoms with van der Waals surface area (Å²) in [5.41, 5.74) is 1.38. The van der Waals surface area contributed by atoms with Crippen LogP contribution in [-0.4, -0.2) is 13.1 Å². The van der Waals surface area contributed by atoms with E-state index in [4.69, 9.17) is 0 Å². The van der Waals surface area contributed by atoms with Gasteiger partial charge in [-0.1, -0.05) is 58.2 Å². The Balaban J connectivity index is 2.61. The van der Waals surface area contributed by atoms with Crippen LogP contribution in [0, 0.1) is 5.92 Å². The number of nitrogens with zero attached hydrogens (tertiary/aromatic N) is 1. The quantitative estimate of drug-likeness (QED) is 0.585. The zero-order valence-corrected chi connectivity index (χ0v) is 12.4. The van der Waals surface area contributed by atoms with E-state index < -0.39 is 0 Å². The van der Waals surface area contributed by atoms with Crippen molar-refractivity contribution < 1.29 is 0 Å². The van der Waals surface area contributed by atoms with Crippen LogP contribution in [0.1, 0.15) is 52.9 Å². The standard InChI is InChI=1S/C17H29N/c1-4-7-11-16(6-3)15-18(14-5-2)17-12-9-8-10-13-17/h8-10,12-13,16H,4-7,11,14-15H2,1-3H3. The molecule has 1 heteroatoms. The third-order valence-electron chi connectivity index (χ3n) is 3.64. The second-order valence-electron chi connectivity index (χ2n) is 5.20. The molecule has 1 unspecified atom stereocenters. The summed E-state index contributed by atoms with van der Waals surface area (Å²) in [5.74, 6) is 0.844. The van der Waals surface area contributed by atoms with Gasteiger partial charge in [-0.15, -0.1) is 0 Å². The molecule has 0 aliphatic rings. The lowest BCUT2D eigenvalue weighted by molar-refractivity contribution is 0.445. The fourth-order valence-electron chi connectivity index (χ4n) is 2.46. The average molecular weight is 247 g/mol. The summed E-state index contributed by atoms with van der Waals surface area (Å²) >= 11 is 0. The van der Waals surface area contributed by atoms with E-state index in [0.29, 0.717) is 0 Å². The molecule has 0 amide bonds. The normalized spacial score (nSPS) is 12.4. The molecule has 1 rings (SSSR count). The number of para-hydroxylation sites is 1. The maximum Gasteiger partial charge on any atom is 0.0366 e. The molecule has 0 aliphatic heterocycles. The van der Waals surface area contributed by atoms with Gasteiger partial charge in [0, 0.05) is 18.8 Å². The molecule has 1 aromatic rings. The smallest absolute Gasteiger partial charge is 0.0366 e. The Hall–Kier alpha value is -0.980. The summed E-state index contributed by atoms with van der Waals surface area (Å²) in [6, 6.07) is 10.9. The third-order valence-corrected chi connectivity index (χ3v) is 3.64. The van der Waals surface area contributed by atoms with Crippen LogP contribution < -0.4 is 4.90 Å². The van der Waals surface area contributed by atoms with Crippen molar-refractivity contribution >= 4 is 5.69 Å². The van der Waals surface area contributed by atoms with E-state index in [1.165, 1.54) is 50.9 Å². The van der Waals surface area contributed by atoms with Crippen LogP contribution in [0.15, 0.2) is 30.3 Å². The zero-order chi connectivity index (χ0) is 13.2. The predicted octanol–water partition coefficient (Wildman–Crippen LogP) is 5.12. The third kappa shape index (κ3) is 5.12. The van der Waals surface area contributed by atoms with Crippen LogP contribution in [0.5, 0.6) is 0 Å². The Morgan fingerprint density at radius 2 is 1.72 bits per heavy atom. The van der Waals surface area contributed by atoms with Gasteiger partial charge in [0.1, 0.15) is 0 Å². The highest BCUT2D eigenvalue weighted by Gasteiger charge is 2.12. The van der Waals surface area contributed by atoms with Crippen molar-refractivity contribution in [1.82, 2.24) is 0 Å². The average Bonchev–Trinajstić information content (AvgIpc) is 2.43. The van der Waals surface area contributed by atoms with Crippen LogP contribution in [0.4, 0.5) is 5.69 Å². The lowest BCUT2D eigenvalue weighted by atomic mass is 9.98. The largest absolute Gasteiger partial charge is 0.371 e. The molecule has 102 valence electrons. The van der Waals surface area contributed by atoms with Gasteiger partial charge in [0.25, 0.3) is 0 Å². The molecule has 0 N–H and O–H groups in total. The van der Waals surface area contributed by atoms with E-state index in [2.05, 4.69) is 56.0 Å². The molecule has 0 aliphatic carbocycles. The van der Waals surface area contributed by atoms with Gasteiger partial charge in [-0.05, 0) is 30.9 Å². The van der Waals surface area contributed by atoms with Gasteiger partial charge >= 0.3 is 0 Å². The summed E-state index contributed by atoms with van der Waals surface area (Å²) in [7, 11) is 0. The van der Waals surface area contributed by atoms with E-state index in [1.807, 2.05) is 0 Å². The lowest BCUT2D eigenvalue weighted by Gasteiger charge is -2.29. The Kier molecular flexibility index (Phi) is 7.55. The van der Waals surface area contributed by atoms with Crippen LogP contribution in [0.3, 0.4) is 0 Å². The monoisotopic (exact) mass is 247 g/mol. The van der Waals surface area contributed by atoms with E-state index in [0.717, 1.165) is 5.92 Å². The van der Waals surface area contributed by atoms with Gasteiger partial charge in [0.15, 0.2) is 0 Å². The zero-order valence-electron chi connectivity index (χ0n) is 12.4. The van der Waals surface area contributed by atoms with Crippen molar-refractivity contribution in [1.29, 1.82) is 0 Å². The second-order valence-corrected chi connectivity index (χ2v) is 5.20.